The second kappa shape index (κ2) is 7.45. The third kappa shape index (κ3) is 3.52. The number of aliphatic hydroxyl groups excluding tert-OH is 1. The van der Waals surface area contributed by atoms with Crippen molar-refractivity contribution in [3.63, 3.8) is 0 Å². The number of imide groups is 1. The van der Waals surface area contributed by atoms with E-state index >= 15 is 0 Å². The van der Waals surface area contributed by atoms with E-state index in [0.29, 0.717) is 23.6 Å². The van der Waals surface area contributed by atoms with Crippen molar-refractivity contribution in [1.29, 1.82) is 0 Å². The van der Waals surface area contributed by atoms with Crippen LogP contribution in [0.5, 0.6) is 0 Å². The lowest BCUT2D eigenvalue weighted by Crippen LogP contribution is -2.32. The van der Waals surface area contributed by atoms with Gasteiger partial charge in [0.15, 0.2) is 0 Å². The maximum Gasteiger partial charge on any atom is 0.261 e. The molecule has 3 rings (SSSR count). The lowest BCUT2D eigenvalue weighted by atomic mass is 10.1. The van der Waals surface area contributed by atoms with Gasteiger partial charge < -0.3 is 10.0 Å². The lowest BCUT2D eigenvalue weighted by molar-refractivity contribution is 0.0649. The average Bonchev–Trinajstić information content (AvgIpc) is 3.08. The highest BCUT2D eigenvalue weighted by Crippen LogP contribution is 2.26. The average molecular weight is 330 g/mol. The van der Waals surface area contributed by atoms with Crippen molar-refractivity contribution in [3.8, 4) is 0 Å². The zero-order valence-electron chi connectivity index (χ0n) is 14.3. The van der Waals surface area contributed by atoms with Gasteiger partial charge in [-0.25, -0.2) is 0 Å². The number of amides is 2. The van der Waals surface area contributed by atoms with Crippen LogP contribution in [0.25, 0.3) is 0 Å². The molecule has 1 aliphatic heterocycles. The van der Waals surface area contributed by atoms with E-state index in [0.717, 1.165) is 45.2 Å². The van der Waals surface area contributed by atoms with Gasteiger partial charge in [0.1, 0.15) is 0 Å². The van der Waals surface area contributed by atoms with Gasteiger partial charge in [0, 0.05) is 13.1 Å². The molecule has 130 valence electrons. The Bertz CT molecular complexity index is 581. The first-order valence-corrected chi connectivity index (χ1v) is 8.89. The summed E-state index contributed by atoms with van der Waals surface area (Å²) in [4.78, 5) is 28.2. The molecule has 5 heteroatoms. The van der Waals surface area contributed by atoms with E-state index in [1.54, 1.807) is 24.3 Å². The Balaban J connectivity index is 1.41. The number of hydrogen-bond donors (Lipinski definition) is 1. The van der Waals surface area contributed by atoms with Crippen LogP contribution in [0.1, 0.15) is 52.8 Å². The third-order valence-electron chi connectivity index (χ3n) is 5.21. The Morgan fingerprint density at radius 3 is 2.38 bits per heavy atom. The number of carbonyl (C=O) groups is 2. The largest absolute Gasteiger partial charge is 0.393 e. The quantitative estimate of drug-likeness (QED) is 0.615. The number of rotatable bonds is 7. The number of nitrogens with zero attached hydrogens (tertiary/aromatic N) is 2. The van der Waals surface area contributed by atoms with Gasteiger partial charge in [0.25, 0.3) is 11.8 Å². The fraction of sp³-hybridized carbons (Fsp3) is 0.579. The van der Waals surface area contributed by atoms with E-state index in [4.69, 9.17) is 0 Å². The minimum absolute atomic E-state index is 0.147. The second-order valence-corrected chi connectivity index (χ2v) is 7.04. The van der Waals surface area contributed by atoms with Gasteiger partial charge >= 0.3 is 0 Å². The molecule has 0 radical (unpaired) electrons. The predicted molar refractivity (Wildman–Crippen MR) is 91.9 cm³/mol. The zero-order chi connectivity index (χ0) is 17.1. The van der Waals surface area contributed by atoms with Gasteiger partial charge in [0.05, 0.1) is 17.2 Å². The summed E-state index contributed by atoms with van der Waals surface area (Å²) in [7, 11) is 2.08. The zero-order valence-corrected chi connectivity index (χ0v) is 14.3. The molecule has 2 atom stereocenters. The van der Waals surface area contributed by atoms with Crippen molar-refractivity contribution < 1.29 is 14.7 Å². The molecule has 1 heterocycles. The van der Waals surface area contributed by atoms with Gasteiger partial charge in [-0.05, 0) is 57.3 Å². The summed E-state index contributed by atoms with van der Waals surface area (Å²) in [5.41, 5.74) is 1.05. The maximum absolute atomic E-state index is 12.3. The summed E-state index contributed by atoms with van der Waals surface area (Å²) in [6, 6.07) is 7.02. The molecule has 24 heavy (non-hydrogen) atoms. The van der Waals surface area contributed by atoms with Crippen molar-refractivity contribution in [1.82, 2.24) is 9.80 Å². The van der Waals surface area contributed by atoms with Crippen LogP contribution in [0.2, 0.25) is 0 Å². The van der Waals surface area contributed by atoms with Crippen LogP contribution in [-0.4, -0.2) is 59.5 Å². The summed E-state index contributed by atoms with van der Waals surface area (Å²) in [6.07, 6.45) is 4.76. The molecule has 5 nitrogen and oxygen atoms in total. The number of aliphatic hydroxyl groups is 1. The molecular weight excluding hydrogens is 304 g/mol. The van der Waals surface area contributed by atoms with Crippen molar-refractivity contribution in [2.75, 3.05) is 26.7 Å². The number of hydrogen-bond acceptors (Lipinski definition) is 4. The number of carbonyl (C=O) groups excluding carboxylic acids is 2. The van der Waals surface area contributed by atoms with Crippen LogP contribution in [0, 0.1) is 5.92 Å². The molecule has 0 saturated heterocycles. The third-order valence-corrected chi connectivity index (χ3v) is 5.21. The Morgan fingerprint density at radius 1 is 1.12 bits per heavy atom. The SMILES string of the molecule is CN(CCCCN1C(=O)c2ccccc2C1=O)CC1CCCC1O. The summed E-state index contributed by atoms with van der Waals surface area (Å²) >= 11 is 0. The molecule has 1 aromatic carbocycles. The van der Waals surface area contributed by atoms with Crippen LogP contribution in [0.15, 0.2) is 24.3 Å². The molecule has 1 aromatic rings. The van der Waals surface area contributed by atoms with Gasteiger partial charge in [0.2, 0.25) is 0 Å². The molecule has 2 aliphatic rings. The minimum atomic E-state index is -0.168. The molecule has 1 saturated carbocycles. The number of benzene rings is 1. The highest BCUT2D eigenvalue weighted by molar-refractivity contribution is 6.21. The molecule has 0 aromatic heterocycles. The Kier molecular flexibility index (Phi) is 5.31. The molecule has 2 amide bonds. The monoisotopic (exact) mass is 330 g/mol. The van der Waals surface area contributed by atoms with E-state index in [-0.39, 0.29) is 17.9 Å². The smallest absolute Gasteiger partial charge is 0.261 e. The minimum Gasteiger partial charge on any atom is -0.393 e. The molecule has 2 unspecified atom stereocenters. The first-order valence-electron chi connectivity index (χ1n) is 8.89. The second-order valence-electron chi connectivity index (χ2n) is 7.04. The van der Waals surface area contributed by atoms with E-state index in [1.807, 2.05) is 0 Å². The highest BCUT2D eigenvalue weighted by atomic mass is 16.3. The fourth-order valence-corrected chi connectivity index (χ4v) is 3.82. The maximum atomic E-state index is 12.3. The first-order chi connectivity index (χ1) is 11.6. The Labute approximate surface area is 143 Å². The van der Waals surface area contributed by atoms with Gasteiger partial charge in [-0.1, -0.05) is 18.6 Å². The summed E-state index contributed by atoms with van der Waals surface area (Å²) in [5.74, 6) is 0.0577. The van der Waals surface area contributed by atoms with Crippen molar-refractivity contribution in [2.24, 2.45) is 5.92 Å². The Hall–Kier alpha value is -1.72. The van der Waals surface area contributed by atoms with E-state index < -0.39 is 0 Å². The van der Waals surface area contributed by atoms with Crippen LogP contribution in [-0.2, 0) is 0 Å². The van der Waals surface area contributed by atoms with E-state index in [2.05, 4.69) is 11.9 Å². The summed E-state index contributed by atoms with van der Waals surface area (Å²) in [6.45, 7) is 2.33. The fourth-order valence-electron chi connectivity index (χ4n) is 3.82. The molecule has 0 spiro atoms. The van der Waals surface area contributed by atoms with Crippen LogP contribution in [0.4, 0.5) is 0 Å². The molecule has 1 N–H and O–H groups in total. The van der Waals surface area contributed by atoms with E-state index in [9.17, 15) is 14.7 Å². The van der Waals surface area contributed by atoms with Gasteiger partial charge in [-0.3, -0.25) is 14.5 Å². The summed E-state index contributed by atoms with van der Waals surface area (Å²) < 4.78 is 0. The van der Waals surface area contributed by atoms with Gasteiger partial charge in [-0.2, -0.15) is 0 Å². The van der Waals surface area contributed by atoms with Crippen molar-refractivity contribution >= 4 is 11.8 Å². The Morgan fingerprint density at radius 2 is 1.79 bits per heavy atom. The molecule has 0 bridgehead atoms. The lowest BCUT2D eigenvalue weighted by Gasteiger charge is -2.23. The summed E-state index contributed by atoms with van der Waals surface area (Å²) in [5, 5.41) is 9.89. The standard InChI is InChI=1S/C19H26N2O3/c1-20(13-14-7-6-10-17(14)22)11-4-5-12-21-18(23)15-8-2-3-9-16(15)19(21)24/h2-3,8-9,14,17,22H,4-7,10-13H2,1H3. The number of fused-ring (bicyclic) bond motifs is 1. The van der Waals surface area contributed by atoms with E-state index in [1.165, 1.54) is 4.90 Å². The normalized spacial score (nSPS) is 23.4. The molecule has 1 aliphatic carbocycles. The van der Waals surface area contributed by atoms with Crippen molar-refractivity contribution in [2.45, 2.75) is 38.2 Å². The highest BCUT2D eigenvalue weighted by Gasteiger charge is 2.34. The van der Waals surface area contributed by atoms with Crippen LogP contribution in [0.3, 0.4) is 0 Å². The topological polar surface area (TPSA) is 60.9 Å². The van der Waals surface area contributed by atoms with Crippen molar-refractivity contribution in [3.05, 3.63) is 35.4 Å². The van der Waals surface area contributed by atoms with Crippen LogP contribution < -0.4 is 0 Å². The van der Waals surface area contributed by atoms with Gasteiger partial charge in [-0.15, -0.1) is 0 Å². The number of unbranched alkanes of at least 4 members (excludes halogenated alkanes) is 1. The molecular formula is C19H26N2O3. The first kappa shape index (κ1) is 17.1. The molecule has 1 fully saturated rings. The predicted octanol–water partition coefficient (Wildman–Crippen LogP) is 2.16. The van der Waals surface area contributed by atoms with Crippen LogP contribution >= 0.6 is 0 Å².